The fourth-order valence-corrected chi connectivity index (χ4v) is 2.18. The molecule has 1 N–H and O–H groups in total. The third-order valence-corrected chi connectivity index (χ3v) is 3.38. The van der Waals surface area contributed by atoms with Gasteiger partial charge in [0.25, 0.3) is 11.6 Å². The van der Waals surface area contributed by atoms with Gasteiger partial charge < -0.3 is 10.1 Å². The molecule has 0 fully saturated rings. The highest BCUT2D eigenvalue weighted by Gasteiger charge is 2.20. The van der Waals surface area contributed by atoms with E-state index < -0.39 is 22.4 Å². The number of anilines is 1. The van der Waals surface area contributed by atoms with Crippen LogP contribution in [0.25, 0.3) is 0 Å². The maximum Gasteiger partial charge on any atom is 0.311 e. The number of benzene rings is 2. The molecule has 130 valence electrons. The minimum absolute atomic E-state index is 0.0509. The molecular formula is C16H15N3O6. The van der Waals surface area contributed by atoms with Crippen LogP contribution in [0.5, 0.6) is 5.75 Å². The topological polar surface area (TPSA) is 125 Å². The van der Waals surface area contributed by atoms with Crippen molar-refractivity contribution in [2.75, 3.05) is 11.9 Å². The molecule has 2 aromatic rings. The van der Waals surface area contributed by atoms with E-state index in [4.69, 9.17) is 4.74 Å². The van der Waals surface area contributed by atoms with Crippen LogP contribution >= 0.6 is 0 Å². The number of carbonyl (C=O) groups is 1. The highest BCUT2D eigenvalue weighted by molar-refractivity contribution is 5.95. The van der Waals surface area contributed by atoms with E-state index in [-0.39, 0.29) is 22.8 Å². The van der Waals surface area contributed by atoms with E-state index in [0.29, 0.717) is 11.1 Å². The summed E-state index contributed by atoms with van der Waals surface area (Å²) in [5, 5.41) is 24.5. The first-order chi connectivity index (χ1) is 11.8. The number of carbonyl (C=O) groups excluding carboxylic acids is 1. The monoisotopic (exact) mass is 345 g/mol. The predicted octanol–water partition coefficient (Wildman–Crippen LogP) is 3.14. The molecule has 0 aliphatic rings. The number of hydrogen-bond donors (Lipinski definition) is 1. The van der Waals surface area contributed by atoms with Crippen molar-refractivity contribution in [2.45, 2.75) is 13.8 Å². The number of aryl methyl sites for hydroxylation is 2. The lowest BCUT2D eigenvalue weighted by Gasteiger charge is -2.10. The van der Waals surface area contributed by atoms with Crippen molar-refractivity contribution in [1.82, 2.24) is 0 Å². The van der Waals surface area contributed by atoms with Crippen molar-refractivity contribution in [1.29, 1.82) is 0 Å². The van der Waals surface area contributed by atoms with Gasteiger partial charge in [-0.15, -0.1) is 0 Å². The van der Waals surface area contributed by atoms with Crippen molar-refractivity contribution in [2.24, 2.45) is 0 Å². The van der Waals surface area contributed by atoms with E-state index in [1.165, 1.54) is 24.3 Å². The average molecular weight is 345 g/mol. The molecule has 0 aromatic heterocycles. The van der Waals surface area contributed by atoms with Gasteiger partial charge in [0.15, 0.2) is 12.4 Å². The zero-order valence-corrected chi connectivity index (χ0v) is 13.5. The first kappa shape index (κ1) is 17.9. The maximum absolute atomic E-state index is 12.0. The van der Waals surface area contributed by atoms with E-state index in [0.717, 1.165) is 0 Å². The molecular weight excluding hydrogens is 330 g/mol. The molecule has 0 aliphatic heterocycles. The molecule has 9 nitrogen and oxygen atoms in total. The summed E-state index contributed by atoms with van der Waals surface area (Å²) in [6.07, 6.45) is 0. The number of amides is 1. The molecule has 0 aliphatic carbocycles. The lowest BCUT2D eigenvalue weighted by Crippen LogP contribution is -2.21. The van der Waals surface area contributed by atoms with Gasteiger partial charge >= 0.3 is 5.69 Å². The average Bonchev–Trinajstić information content (AvgIpc) is 2.55. The Balaban J connectivity index is 2.13. The number of para-hydroxylation sites is 1. The number of nitrogens with one attached hydrogen (secondary N) is 1. The summed E-state index contributed by atoms with van der Waals surface area (Å²) >= 11 is 0. The van der Waals surface area contributed by atoms with Crippen LogP contribution in [0.3, 0.4) is 0 Å². The third kappa shape index (κ3) is 4.28. The molecule has 0 saturated carbocycles. The fraction of sp³-hybridized carbons (Fsp3) is 0.188. The molecule has 0 unspecified atom stereocenters. The quantitative estimate of drug-likeness (QED) is 0.633. The van der Waals surface area contributed by atoms with Crippen molar-refractivity contribution in [3.05, 3.63) is 67.8 Å². The van der Waals surface area contributed by atoms with Gasteiger partial charge in [-0.1, -0.05) is 18.2 Å². The molecule has 0 saturated heterocycles. The van der Waals surface area contributed by atoms with Gasteiger partial charge in [-0.2, -0.15) is 0 Å². The van der Waals surface area contributed by atoms with Gasteiger partial charge in [0.1, 0.15) is 5.69 Å². The van der Waals surface area contributed by atoms with Crippen LogP contribution in [0.15, 0.2) is 36.4 Å². The third-order valence-electron chi connectivity index (χ3n) is 3.38. The Morgan fingerprint density at radius 1 is 1.08 bits per heavy atom. The molecule has 1 amide bonds. The van der Waals surface area contributed by atoms with Crippen molar-refractivity contribution in [3.8, 4) is 5.75 Å². The first-order valence-electron chi connectivity index (χ1n) is 7.21. The summed E-state index contributed by atoms with van der Waals surface area (Å²) < 4.78 is 5.20. The van der Waals surface area contributed by atoms with Crippen LogP contribution in [-0.4, -0.2) is 22.4 Å². The van der Waals surface area contributed by atoms with Crippen LogP contribution in [0.1, 0.15) is 11.1 Å². The predicted molar refractivity (Wildman–Crippen MR) is 89.8 cm³/mol. The summed E-state index contributed by atoms with van der Waals surface area (Å²) in [5.74, 6) is -0.711. The minimum atomic E-state index is -0.660. The van der Waals surface area contributed by atoms with Gasteiger partial charge in [-0.25, -0.2) is 0 Å². The Hall–Kier alpha value is -3.49. The number of nitro groups is 2. The van der Waals surface area contributed by atoms with Gasteiger partial charge in [0.2, 0.25) is 0 Å². The van der Waals surface area contributed by atoms with Crippen LogP contribution in [0.2, 0.25) is 0 Å². The molecule has 0 heterocycles. The Kier molecular flexibility index (Phi) is 5.28. The normalized spacial score (nSPS) is 10.2. The van der Waals surface area contributed by atoms with Gasteiger partial charge in [0, 0.05) is 12.1 Å². The smallest absolute Gasteiger partial charge is 0.311 e. The summed E-state index contributed by atoms with van der Waals surface area (Å²) in [4.78, 5) is 32.9. The molecule has 0 bridgehead atoms. The van der Waals surface area contributed by atoms with Crippen LogP contribution < -0.4 is 10.1 Å². The lowest BCUT2D eigenvalue weighted by molar-refractivity contribution is -0.385. The summed E-state index contributed by atoms with van der Waals surface area (Å²) in [5.41, 5.74) is 0.770. The number of ether oxygens (including phenoxy) is 1. The zero-order valence-electron chi connectivity index (χ0n) is 13.5. The molecule has 0 atom stereocenters. The lowest BCUT2D eigenvalue weighted by atomic mass is 10.1. The second kappa shape index (κ2) is 7.39. The highest BCUT2D eigenvalue weighted by atomic mass is 16.6. The van der Waals surface area contributed by atoms with E-state index in [9.17, 15) is 25.0 Å². The Morgan fingerprint density at radius 3 is 2.40 bits per heavy atom. The van der Waals surface area contributed by atoms with Crippen molar-refractivity contribution >= 4 is 23.0 Å². The first-order valence-corrected chi connectivity index (χ1v) is 7.21. The van der Waals surface area contributed by atoms with Crippen LogP contribution in [0, 0.1) is 34.1 Å². The largest absolute Gasteiger partial charge is 0.477 e. The SMILES string of the molecule is Cc1ccc(OCC(=O)Nc2c(C)cccc2[N+](=O)[O-])c([N+](=O)[O-])c1. The van der Waals surface area contributed by atoms with Gasteiger partial charge in [-0.3, -0.25) is 25.0 Å². The maximum atomic E-state index is 12.0. The molecule has 2 aromatic carbocycles. The Labute approximate surface area is 142 Å². The highest BCUT2D eigenvalue weighted by Crippen LogP contribution is 2.29. The molecule has 25 heavy (non-hydrogen) atoms. The van der Waals surface area contributed by atoms with E-state index >= 15 is 0 Å². The Bertz CT molecular complexity index is 850. The van der Waals surface area contributed by atoms with E-state index in [1.54, 1.807) is 26.0 Å². The number of nitro benzene ring substituents is 2. The number of hydrogen-bond acceptors (Lipinski definition) is 6. The summed E-state index contributed by atoms with van der Waals surface area (Å²) in [7, 11) is 0. The molecule has 9 heteroatoms. The minimum Gasteiger partial charge on any atom is -0.477 e. The van der Waals surface area contributed by atoms with Crippen LogP contribution in [-0.2, 0) is 4.79 Å². The van der Waals surface area contributed by atoms with Crippen LogP contribution in [0.4, 0.5) is 17.1 Å². The van der Waals surface area contributed by atoms with E-state index in [2.05, 4.69) is 5.32 Å². The molecule has 0 spiro atoms. The van der Waals surface area contributed by atoms with Gasteiger partial charge in [-0.05, 0) is 31.0 Å². The second-order valence-corrected chi connectivity index (χ2v) is 5.29. The molecule has 0 radical (unpaired) electrons. The molecule has 2 rings (SSSR count). The zero-order chi connectivity index (χ0) is 18.6. The Morgan fingerprint density at radius 2 is 1.76 bits per heavy atom. The second-order valence-electron chi connectivity index (χ2n) is 5.29. The van der Waals surface area contributed by atoms with Crippen molar-refractivity contribution in [3.63, 3.8) is 0 Å². The summed E-state index contributed by atoms with van der Waals surface area (Å²) in [6.45, 7) is 2.80. The van der Waals surface area contributed by atoms with Gasteiger partial charge in [0.05, 0.1) is 9.85 Å². The number of rotatable bonds is 6. The summed E-state index contributed by atoms with van der Waals surface area (Å²) in [6, 6.07) is 8.75. The number of nitrogens with zero attached hydrogens (tertiary/aromatic N) is 2. The fourth-order valence-electron chi connectivity index (χ4n) is 2.18. The van der Waals surface area contributed by atoms with E-state index in [1.807, 2.05) is 0 Å². The van der Waals surface area contributed by atoms with Crippen molar-refractivity contribution < 1.29 is 19.4 Å². The standard InChI is InChI=1S/C16H15N3O6/c1-10-6-7-14(13(8-10)19(23)24)25-9-15(20)17-16-11(2)4-3-5-12(16)18(21)22/h3-8H,9H2,1-2H3,(H,17,20).